The van der Waals surface area contributed by atoms with Crippen molar-refractivity contribution in [3.05, 3.63) is 29.8 Å². The summed E-state index contributed by atoms with van der Waals surface area (Å²) in [5.74, 6) is 0.0345. The molecule has 1 aromatic carbocycles. The predicted molar refractivity (Wildman–Crippen MR) is 76.3 cm³/mol. The minimum Gasteiger partial charge on any atom is -0.449 e. The lowest BCUT2D eigenvalue weighted by Crippen LogP contribution is -2.35. The number of nitrogens with zero attached hydrogens (tertiary/aromatic N) is 1. The molecule has 0 unspecified atom stereocenters. The number of hydrogen-bond acceptors (Lipinski definition) is 6. The number of benzene rings is 1. The molecule has 116 valence electrons. The van der Waals surface area contributed by atoms with Gasteiger partial charge in [-0.25, -0.2) is 9.52 Å². The zero-order valence-electron chi connectivity index (χ0n) is 11.2. The first-order valence-corrected chi connectivity index (χ1v) is 7.37. The largest absolute Gasteiger partial charge is 0.449 e. The van der Waals surface area contributed by atoms with Gasteiger partial charge >= 0.3 is 16.3 Å². The molecular weight excluding hydrogens is 300 g/mol. The maximum atomic E-state index is 11.6. The van der Waals surface area contributed by atoms with Gasteiger partial charge in [-0.15, -0.1) is 0 Å². The summed E-state index contributed by atoms with van der Waals surface area (Å²) in [7, 11) is -4.06. The first-order valence-electron chi connectivity index (χ1n) is 5.89. The lowest BCUT2D eigenvalue weighted by atomic mass is 10.1. The minimum absolute atomic E-state index is 0.0345. The Labute approximate surface area is 122 Å². The summed E-state index contributed by atoms with van der Waals surface area (Å²) in [5, 5.41) is 11.3. The lowest BCUT2D eigenvalue weighted by molar-refractivity contribution is 0.159. The van der Waals surface area contributed by atoms with E-state index in [0.29, 0.717) is 0 Å². The molecule has 0 heterocycles. The predicted octanol–water partition coefficient (Wildman–Crippen LogP) is 0.378. The molecule has 0 saturated carbocycles. The first kappa shape index (κ1) is 16.6. The van der Waals surface area contributed by atoms with Crippen LogP contribution in [0.5, 0.6) is 0 Å². The van der Waals surface area contributed by atoms with Gasteiger partial charge in [0.15, 0.2) is 0 Å². The van der Waals surface area contributed by atoms with E-state index in [4.69, 9.17) is 10.9 Å². The summed E-state index contributed by atoms with van der Waals surface area (Å²) >= 11 is 0. The third kappa shape index (κ3) is 5.99. The van der Waals surface area contributed by atoms with Crippen molar-refractivity contribution in [1.82, 2.24) is 4.72 Å². The molecule has 0 fully saturated rings. The van der Waals surface area contributed by atoms with Crippen LogP contribution >= 0.6 is 0 Å². The van der Waals surface area contributed by atoms with Gasteiger partial charge in [-0.3, -0.25) is 4.72 Å². The highest BCUT2D eigenvalue weighted by Crippen LogP contribution is 2.11. The van der Waals surface area contributed by atoms with Crippen molar-refractivity contribution in [2.75, 3.05) is 11.3 Å². The molecule has 1 rings (SSSR count). The summed E-state index contributed by atoms with van der Waals surface area (Å²) in [6, 6.07) is 6.15. The van der Waals surface area contributed by atoms with Crippen LogP contribution in [0.4, 0.5) is 10.5 Å². The number of ether oxygens (including phenoxy) is 1. The Morgan fingerprint density at radius 3 is 2.52 bits per heavy atom. The monoisotopic (exact) mass is 316 g/mol. The third-order valence-electron chi connectivity index (χ3n) is 2.21. The van der Waals surface area contributed by atoms with E-state index in [1.165, 1.54) is 12.1 Å². The van der Waals surface area contributed by atoms with Gasteiger partial charge in [0.2, 0.25) is 0 Å². The van der Waals surface area contributed by atoms with Crippen molar-refractivity contribution in [2.24, 2.45) is 10.9 Å². The second-order valence-corrected chi connectivity index (χ2v) is 5.31. The van der Waals surface area contributed by atoms with Crippen molar-refractivity contribution in [3.8, 4) is 0 Å². The first-order chi connectivity index (χ1) is 9.86. The van der Waals surface area contributed by atoms with Crippen LogP contribution < -0.4 is 15.2 Å². The van der Waals surface area contributed by atoms with E-state index in [9.17, 15) is 13.2 Å². The van der Waals surface area contributed by atoms with Crippen LogP contribution in [0.3, 0.4) is 0 Å². The molecule has 0 spiro atoms. The molecule has 5 N–H and O–H groups in total. The van der Waals surface area contributed by atoms with E-state index in [1.54, 1.807) is 23.8 Å². The Balaban J connectivity index is 2.68. The number of amidine groups is 1. The average Bonchev–Trinajstić information content (AvgIpc) is 2.40. The van der Waals surface area contributed by atoms with Gasteiger partial charge in [-0.05, 0) is 24.6 Å². The van der Waals surface area contributed by atoms with Gasteiger partial charge in [-0.1, -0.05) is 17.3 Å². The number of carbonyl (C=O) groups is 1. The molecule has 1 amide bonds. The van der Waals surface area contributed by atoms with Crippen LogP contribution in [0.25, 0.3) is 0 Å². The third-order valence-corrected chi connectivity index (χ3v) is 3.15. The average molecular weight is 316 g/mol. The van der Waals surface area contributed by atoms with Crippen LogP contribution in [0.2, 0.25) is 0 Å². The van der Waals surface area contributed by atoms with E-state index in [1.807, 2.05) is 0 Å². The number of amides is 1. The Morgan fingerprint density at radius 1 is 1.38 bits per heavy atom. The fourth-order valence-electron chi connectivity index (χ4n) is 1.39. The van der Waals surface area contributed by atoms with E-state index in [2.05, 4.69) is 14.6 Å². The SMILES string of the molecule is CCOC(=O)NS(=O)(=O)Nc1ccc(C/C(N)=N/O)cc1. The van der Waals surface area contributed by atoms with Crippen LogP contribution in [0, 0.1) is 0 Å². The molecule has 0 aliphatic rings. The Morgan fingerprint density at radius 2 is 2.00 bits per heavy atom. The molecule has 0 aliphatic heterocycles. The lowest BCUT2D eigenvalue weighted by Gasteiger charge is -2.09. The molecule has 10 heteroatoms. The number of hydrogen-bond donors (Lipinski definition) is 4. The number of nitrogens with two attached hydrogens (primary N) is 1. The fourth-order valence-corrected chi connectivity index (χ4v) is 2.16. The van der Waals surface area contributed by atoms with Gasteiger partial charge in [-0.2, -0.15) is 8.42 Å². The number of carbonyl (C=O) groups excluding carboxylic acids is 1. The summed E-state index contributed by atoms with van der Waals surface area (Å²) in [6.07, 6.45) is -0.835. The molecule has 9 nitrogen and oxygen atoms in total. The number of nitrogens with one attached hydrogen (secondary N) is 2. The highest BCUT2D eigenvalue weighted by molar-refractivity contribution is 7.91. The van der Waals surface area contributed by atoms with Crippen molar-refractivity contribution < 1.29 is 23.2 Å². The maximum absolute atomic E-state index is 11.6. The maximum Gasteiger partial charge on any atom is 0.422 e. The molecule has 0 saturated heterocycles. The second-order valence-electron chi connectivity index (χ2n) is 3.89. The standard InChI is InChI=1S/C11H16N4O5S/c1-2-20-11(16)15-21(18,19)14-9-5-3-8(4-6-9)7-10(12)13-17/h3-6,14,17H,2,7H2,1H3,(H2,12,13)(H,15,16). The van der Waals surface area contributed by atoms with Gasteiger partial charge in [0.1, 0.15) is 5.84 Å². The molecule has 0 radical (unpaired) electrons. The fraction of sp³-hybridized carbons (Fsp3) is 0.273. The van der Waals surface area contributed by atoms with E-state index < -0.39 is 16.3 Å². The van der Waals surface area contributed by atoms with Gasteiger partial charge < -0.3 is 15.7 Å². The summed E-state index contributed by atoms with van der Waals surface area (Å²) < 4.78 is 31.5. The molecule has 0 atom stereocenters. The Kier molecular flexibility index (Phi) is 5.79. The van der Waals surface area contributed by atoms with Crippen molar-refractivity contribution in [2.45, 2.75) is 13.3 Å². The highest BCUT2D eigenvalue weighted by Gasteiger charge is 2.14. The highest BCUT2D eigenvalue weighted by atomic mass is 32.2. The zero-order chi connectivity index (χ0) is 15.9. The normalized spacial score (nSPS) is 11.8. The van der Waals surface area contributed by atoms with Crippen molar-refractivity contribution >= 4 is 27.8 Å². The quantitative estimate of drug-likeness (QED) is 0.258. The van der Waals surface area contributed by atoms with Gasteiger partial charge in [0, 0.05) is 6.42 Å². The molecule has 1 aromatic rings. The van der Waals surface area contributed by atoms with Crippen LogP contribution in [0.1, 0.15) is 12.5 Å². The van der Waals surface area contributed by atoms with Gasteiger partial charge in [0.25, 0.3) is 0 Å². The summed E-state index contributed by atoms with van der Waals surface area (Å²) in [5.41, 5.74) is 6.33. The van der Waals surface area contributed by atoms with Crippen molar-refractivity contribution in [1.29, 1.82) is 0 Å². The van der Waals surface area contributed by atoms with Crippen LogP contribution in [0.15, 0.2) is 29.4 Å². The zero-order valence-corrected chi connectivity index (χ0v) is 12.1. The summed E-state index contributed by atoms with van der Waals surface area (Å²) in [6.45, 7) is 1.61. The molecule has 0 aromatic heterocycles. The summed E-state index contributed by atoms with van der Waals surface area (Å²) in [4.78, 5) is 11.1. The number of oxime groups is 1. The minimum atomic E-state index is -4.06. The molecule has 0 aliphatic carbocycles. The molecule has 21 heavy (non-hydrogen) atoms. The van der Waals surface area contributed by atoms with Crippen LogP contribution in [-0.4, -0.2) is 32.2 Å². The number of anilines is 1. The second kappa shape index (κ2) is 7.33. The van der Waals surface area contributed by atoms with E-state index >= 15 is 0 Å². The van der Waals surface area contributed by atoms with Crippen LogP contribution in [-0.2, 0) is 21.4 Å². The Bertz CT molecular complexity index is 612. The molecular formula is C11H16N4O5S. The Hall–Kier alpha value is -2.49. The molecule has 0 bridgehead atoms. The van der Waals surface area contributed by atoms with E-state index in [-0.39, 0.29) is 24.6 Å². The van der Waals surface area contributed by atoms with E-state index in [0.717, 1.165) is 5.56 Å². The number of rotatable bonds is 6. The topological polar surface area (TPSA) is 143 Å². The van der Waals surface area contributed by atoms with Gasteiger partial charge in [0.05, 0.1) is 12.3 Å². The van der Waals surface area contributed by atoms with Crippen molar-refractivity contribution in [3.63, 3.8) is 0 Å². The smallest absolute Gasteiger partial charge is 0.422 e.